The first-order valence-electron chi connectivity index (χ1n) is 7.78. The summed E-state index contributed by atoms with van der Waals surface area (Å²) in [7, 11) is 0. The maximum Gasteiger partial charge on any atom is 0.319 e. The predicted octanol–water partition coefficient (Wildman–Crippen LogP) is 1.36. The zero-order valence-electron chi connectivity index (χ0n) is 12.9. The third-order valence-corrected chi connectivity index (χ3v) is 3.73. The van der Waals surface area contributed by atoms with Crippen LogP contribution in [0.15, 0.2) is 24.3 Å². The van der Waals surface area contributed by atoms with E-state index in [4.69, 9.17) is 5.73 Å². The number of benzene rings is 1. The van der Waals surface area contributed by atoms with Crippen molar-refractivity contribution in [3.63, 3.8) is 0 Å². The van der Waals surface area contributed by atoms with E-state index in [0.717, 1.165) is 25.7 Å². The van der Waals surface area contributed by atoms with Crippen LogP contribution < -0.4 is 21.7 Å². The van der Waals surface area contributed by atoms with Gasteiger partial charge in [0.05, 0.1) is 0 Å². The zero-order chi connectivity index (χ0) is 16.7. The highest BCUT2D eigenvalue weighted by Gasteiger charge is 2.17. The molecule has 1 saturated carbocycles. The summed E-state index contributed by atoms with van der Waals surface area (Å²) in [5, 5.41) is 8.26. The van der Waals surface area contributed by atoms with Crippen LogP contribution in [-0.4, -0.2) is 30.4 Å². The number of hydrogen-bond acceptors (Lipinski definition) is 3. The number of nitrogens with two attached hydrogens (primary N) is 1. The lowest BCUT2D eigenvalue weighted by atomic mass is 10.2. The van der Waals surface area contributed by atoms with Gasteiger partial charge in [-0.1, -0.05) is 18.9 Å². The second-order valence-electron chi connectivity index (χ2n) is 5.63. The van der Waals surface area contributed by atoms with E-state index < -0.39 is 5.91 Å². The molecule has 2 rings (SSSR count). The van der Waals surface area contributed by atoms with Crippen molar-refractivity contribution in [1.82, 2.24) is 10.6 Å². The number of carbonyl (C=O) groups is 3. The van der Waals surface area contributed by atoms with Crippen molar-refractivity contribution in [2.75, 3.05) is 11.9 Å². The molecule has 7 nitrogen and oxygen atoms in total. The minimum atomic E-state index is -0.468. The first-order chi connectivity index (χ1) is 11.0. The standard InChI is InChI=1S/C16H22N4O3/c17-14(21)8-9-18-15(22)11-4-3-7-13(10-11)20-16(23)19-12-5-1-2-6-12/h3-4,7,10,12H,1-2,5-6,8-9H2,(H2,17,21)(H,18,22)(H2,19,20,23). The molecule has 0 spiro atoms. The molecule has 1 aliphatic rings. The number of hydrogen-bond donors (Lipinski definition) is 4. The average molecular weight is 318 g/mol. The molecule has 0 bridgehead atoms. The van der Waals surface area contributed by atoms with Gasteiger partial charge >= 0.3 is 6.03 Å². The Bertz CT molecular complexity index is 582. The van der Waals surface area contributed by atoms with E-state index in [9.17, 15) is 14.4 Å². The molecule has 0 radical (unpaired) electrons. The number of primary amides is 1. The first-order valence-corrected chi connectivity index (χ1v) is 7.78. The summed E-state index contributed by atoms with van der Waals surface area (Å²) >= 11 is 0. The van der Waals surface area contributed by atoms with Crippen LogP contribution >= 0.6 is 0 Å². The fourth-order valence-electron chi connectivity index (χ4n) is 2.56. The molecule has 124 valence electrons. The van der Waals surface area contributed by atoms with Gasteiger partial charge in [0.1, 0.15) is 0 Å². The Morgan fingerprint density at radius 1 is 1.17 bits per heavy atom. The molecule has 1 fully saturated rings. The smallest absolute Gasteiger partial charge is 0.319 e. The van der Waals surface area contributed by atoms with Crippen LogP contribution in [0.5, 0.6) is 0 Å². The molecule has 5 N–H and O–H groups in total. The minimum Gasteiger partial charge on any atom is -0.370 e. The summed E-state index contributed by atoms with van der Waals surface area (Å²) in [6.07, 6.45) is 4.40. The van der Waals surface area contributed by atoms with Gasteiger partial charge in [0.2, 0.25) is 5.91 Å². The third kappa shape index (κ3) is 5.61. The second-order valence-corrected chi connectivity index (χ2v) is 5.63. The number of anilines is 1. The van der Waals surface area contributed by atoms with Gasteiger partial charge < -0.3 is 21.7 Å². The quantitative estimate of drug-likeness (QED) is 0.635. The lowest BCUT2D eigenvalue weighted by Gasteiger charge is -2.13. The molecule has 0 saturated heterocycles. The summed E-state index contributed by atoms with van der Waals surface area (Å²) in [6.45, 7) is 0.188. The monoisotopic (exact) mass is 318 g/mol. The second kappa shape index (κ2) is 8.17. The molecule has 0 heterocycles. The Labute approximate surface area is 135 Å². The first kappa shape index (κ1) is 16.8. The SMILES string of the molecule is NC(=O)CCNC(=O)c1cccc(NC(=O)NC2CCCC2)c1. The molecular weight excluding hydrogens is 296 g/mol. The lowest BCUT2D eigenvalue weighted by molar-refractivity contribution is -0.117. The lowest BCUT2D eigenvalue weighted by Crippen LogP contribution is -2.36. The van der Waals surface area contributed by atoms with Gasteiger partial charge in [0, 0.05) is 30.3 Å². The van der Waals surface area contributed by atoms with E-state index in [0.29, 0.717) is 11.3 Å². The van der Waals surface area contributed by atoms with Gasteiger partial charge in [0.25, 0.3) is 5.91 Å². The van der Waals surface area contributed by atoms with Crippen LogP contribution in [0.2, 0.25) is 0 Å². The van der Waals surface area contributed by atoms with E-state index in [1.165, 1.54) is 0 Å². The largest absolute Gasteiger partial charge is 0.370 e. The van der Waals surface area contributed by atoms with E-state index in [1.54, 1.807) is 24.3 Å². The molecule has 1 aliphatic carbocycles. The van der Waals surface area contributed by atoms with Crippen LogP contribution in [0.25, 0.3) is 0 Å². The molecule has 7 heteroatoms. The topological polar surface area (TPSA) is 113 Å². The van der Waals surface area contributed by atoms with E-state index >= 15 is 0 Å². The zero-order valence-corrected chi connectivity index (χ0v) is 12.9. The Kier molecular flexibility index (Phi) is 5.96. The van der Waals surface area contributed by atoms with Crippen molar-refractivity contribution in [3.05, 3.63) is 29.8 Å². The fraction of sp³-hybridized carbons (Fsp3) is 0.438. The normalized spacial score (nSPS) is 14.3. The number of rotatable bonds is 6. The van der Waals surface area contributed by atoms with Gasteiger partial charge in [-0.3, -0.25) is 9.59 Å². The van der Waals surface area contributed by atoms with E-state index in [1.807, 2.05) is 0 Å². The molecule has 23 heavy (non-hydrogen) atoms. The molecule has 0 unspecified atom stereocenters. The van der Waals surface area contributed by atoms with Crippen LogP contribution in [0, 0.1) is 0 Å². The van der Waals surface area contributed by atoms with E-state index in [2.05, 4.69) is 16.0 Å². The fourth-order valence-corrected chi connectivity index (χ4v) is 2.56. The minimum absolute atomic E-state index is 0.0907. The summed E-state index contributed by atoms with van der Waals surface area (Å²) in [6, 6.07) is 6.61. The van der Waals surface area contributed by atoms with Gasteiger partial charge in [-0.15, -0.1) is 0 Å². The molecular formula is C16H22N4O3. The van der Waals surface area contributed by atoms with Crippen molar-refractivity contribution in [2.45, 2.75) is 38.1 Å². The number of urea groups is 1. The number of amides is 4. The Morgan fingerprint density at radius 2 is 1.91 bits per heavy atom. The third-order valence-electron chi connectivity index (χ3n) is 3.73. The van der Waals surface area contributed by atoms with Crippen molar-refractivity contribution in [1.29, 1.82) is 0 Å². The van der Waals surface area contributed by atoms with Crippen LogP contribution in [-0.2, 0) is 4.79 Å². The van der Waals surface area contributed by atoms with Crippen molar-refractivity contribution in [2.24, 2.45) is 5.73 Å². The van der Waals surface area contributed by atoms with Gasteiger partial charge in [-0.05, 0) is 31.0 Å². The molecule has 0 aliphatic heterocycles. The van der Waals surface area contributed by atoms with Gasteiger partial charge in [-0.2, -0.15) is 0 Å². The summed E-state index contributed by atoms with van der Waals surface area (Å²) < 4.78 is 0. The summed E-state index contributed by atoms with van der Waals surface area (Å²) in [5.74, 6) is -0.782. The highest BCUT2D eigenvalue weighted by molar-refractivity contribution is 5.97. The molecule has 0 aromatic heterocycles. The highest BCUT2D eigenvalue weighted by atomic mass is 16.2. The highest BCUT2D eigenvalue weighted by Crippen LogP contribution is 2.18. The maximum atomic E-state index is 12.0. The van der Waals surface area contributed by atoms with Crippen molar-refractivity contribution in [3.8, 4) is 0 Å². The predicted molar refractivity (Wildman–Crippen MR) is 87.0 cm³/mol. The average Bonchev–Trinajstić information content (AvgIpc) is 2.99. The van der Waals surface area contributed by atoms with Crippen LogP contribution in [0.4, 0.5) is 10.5 Å². The Hall–Kier alpha value is -2.57. The Balaban J connectivity index is 1.86. The van der Waals surface area contributed by atoms with Crippen LogP contribution in [0.1, 0.15) is 42.5 Å². The molecule has 1 aromatic rings. The molecule has 4 amide bonds. The Morgan fingerprint density at radius 3 is 2.61 bits per heavy atom. The van der Waals surface area contributed by atoms with Gasteiger partial charge in [0.15, 0.2) is 0 Å². The summed E-state index contributed by atoms with van der Waals surface area (Å²) in [4.78, 5) is 34.5. The summed E-state index contributed by atoms with van der Waals surface area (Å²) in [5.41, 5.74) is 5.97. The van der Waals surface area contributed by atoms with Crippen LogP contribution in [0.3, 0.4) is 0 Å². The maximum absolute atomic E-state index is 12.0. The number of carbonyl (C=O) groups excluding carboxylic acids is 3. The molecule has 1 aromatic carbocycles. The molecule has 0 atom stereocenters. The van der Waals surface area contributed by atoms with E-state index in [-0.39, 0.29) is 30.9 Å². The van der Waals surface area contributed by atoms with Crippen molar-refractivity contribution >= 4 is 23.5 Å². The van der Waals surface area contributed by atoms with Gasteiger partial charge in [-0.25, -0.2) is 4.79 Å². The number of nitrogens with one attached hydrogen (secondary N) is 3. The van der Waals surface area contributed by atoms with Crippen molar-refractivity contribution < 1.29 is 14.4 Å².